The molecular weight excluding hydrogens is 368 g/mol. The molecule has 30 heavy (non-hydrogen) atoms. The van der Waals surface area contributed by atoms with E-state index in [4.69, 9.17) is 0 Å². The number of para-hydroxylation sites is 1. The Balaban J connectivity index is 1.72. The summed E-state index contributed by atoms with van der Waals surface area (Å²) < 4.78 is 0. The Morgan fingerprint density at radius 3 is 1.83 bits per heavy atom. The zero-order valence-electron chi connectivity index (χ0n) is 19.8. The maximum Gasteiger partial charge on any atom is 0.116 e. The summed E-state index contributed by atoms with van der Waals surface area (Å²) in [5, 5.41) is 11.4. The molecular formula is C26H46N4. The SMILES string of the molecule is CCCCCCCCCN(CCCCCCCCC)CCc1cccc2n[nH]nc12. The summed E-state index contributed by atoms with van der Waals surface area (Å²) in [4.78, 5) is 2.71. The van der Waals surface area contributed by atoms with Gasteiger partial charge in [-0.2, -0.15) is 15.4 Å². The number of fused-ring (bicyclic) bond motifs is 1. The van der Waals surface area contributed by atoms with Gasteiger partial charge in [0.1, 0.15) is 11.0 Å². The average Bonchev–Trinajstić information content (AvgIpc) is 3.25. The van der Waals surface area contributed by atoms with Crippen molar-refractivity contribution >= 4 is 11.0 Å². The van der Waals surface area contributed by atoms with Crippen LogP contribution in [0, 0.1) is 0 Å². The molecule has 1 aromatic heterocycles. The van der Waals surface area contributed by atoms with Crippen LogP contribution in [0.2, 0.25) is 0 Å². The third-order valence-corrected chi connectivity index (χ3v) is 6.28. The standard InChI is InChI=1S/C26H46N4/c1-3-5-7-9-11-13-15-21-30(22-16-14-12-10-8-6-4-2)23-20-24-18-17-19-25-26(24)28-29-27-25/h17-19H,3-16,20-23H2,1-2H3,(H,27,28,29). The van der Waals surface area contributed by atoms with Crippen LogP contribution in [0.25, 0.3) is 11.0 Å². The van der Waals surface area contributed by atoms with Crippen LogP contribution in [-0.4, -0.2) is 39.9 Å². The van der Waals surface area contributed by atoms with Gasteiger partial charge >= 0.3 is 0 Å². The van der Waals surface area contributed by atoms with Crippen LogP contribution in [0.3, 0.4) is 0 Å². The van der Waals surface area contributed by atoms with Gasteiger partial charge in [-0.3, -0.25) is 0 Å². The first kappa shape index (κ1) is 24.8. The Morgan fingerprint density at radius 2 is 1.23 bits per heavy atom. The normalized spacial score (nSPS) is 11.7. The molecule has 1 N–H and O–H groups in total. The highest BCUT2D eigenvalue weighted by Crippen LogP contribution is 2.16. The smallest absolute Gasteiger partial charge is 0.116 e. The van der Waals surface area contributed by atoms with E-state index in [2.05, 4.69) is 46.3 Å². The lowest BCUT2D eigenvalue weighted by molar-refractivity contribution is 0.263. The summed E-state index contributed by atoms with van der Waals surface area (Å²) >= 11 is 0. The fraction of sp³-hybridized carbons (Fsp3) is 0.769. The van der Waals surface area contributed by atoms with Crippen molar-refractivity contribution in [2.75, 3.05) is 19.6 Å². The topological polar surface area (TPSA) is 44.8 Å². The van der Waals surface area contributed by atoms with Gasteiger partial charge in [0.15, 0.2) is 0 Å². The maximum atomic E-state index is 4.36. The molecule has 0 saturated heterocycles. The van der Waals surface area contributed by atoms with Crippen LogP contribution < -0.4 is 0 Å². The molecule has 170 valence electrons. The van der Waals surface area contributed by atoms with Gasteiger partial charge in [-0.25, -0.2) is 0 Å². The fourth-order valence-corrected chi connectivity index (χ4v) is 4.33. The van der Waals surface area contributed by atoms with Crippen molar-refractivity contribution in [2.24, 2.45) is 0 Å². The Kier molecular flexibility index (Phi) is 13.5. The minimum atomic E-state index is 0.984. The van der Waals surface area contributed by atoms with Crippen LogP contribution in [0.1, 0.15) is 109 Å². The highest BCUT2D eigenvalue weighted by Gasteiger charge is 2.09. The predicted octanol–water partition coefficient (Wildman–Crippen LogP) is 7.30. The van der Waals surface area contributed by atoms with Crippen LogP contribution in [0.5, 0.6) is 0 Å². The van der Waals surface area contributed by atoms with Crippen molar-refractivity contribution in [1.82, 2.24) is 20.3 Å². The van der Waals surface area contributed by atoms with E-state index in [9.17, 15) is 0 Å². The first-order valence-electron chi connectivity index (χ1n) is 12.9. The number of benzene rings is 1. The quantitative estimate of drug-likeness (QED) is 0.245. The molecule has 2 aromatic rings. The van der Waals surface area contributed by atoms with Crippen molar-refractivity contribution < 1.29 is 0 Å². The number of aromatic amines is 1. The van der Waals surface area contributed by atoms with Crippen LogP contribution in [0.15, 0.2) is 18.2 Å². The monoisotopic (exact) mass is 414 g/mol. The van der Waals surface area contributed by atoms with E-state index in [0.29, 0.717) is 0 Å². The molecule has 4 nitrogen and oxygen atoms in total. The number of nitrogens with one attached hydrogen (secondary N) is 1. The Labute approximate surface area is 185 Å². The average molecular weight is 415 g/mol. The molecule has 1 heterocycles. The molecule has 0 unspecified atom stereocenters. The lowest BCUT2D eigenvalue weighted by atomic mass is 10.1. The first-order chi connectivity index (χ1) is 14.8. The van der Waals surface area contributed by atoms with Gasteiger partial charge in [0, 0.05) is 6.54 Å². The number of rotatable bonds is 19. The molecule has 0 atom stereocenters. The van der Waals surface area contributed by atoms with Gasteiger partial charge in [-0.05, 0) is 44.0 Å². The number of hydrogen-bond donors (Lipinski definition) is 1. The number of H-pyrrole nitrogens is 1. The van der Waals surface area contributed by atoms with Gasteiger partial charge in [0.25, 0.3) is 0 Å². The molecule has 0 bridgehead atoms. The fourth-order valence-electron chi connectivity index (χ4n) is 4.33. The third kappa shape index (κ3) is 10.1. The van der Waals surface area contributed by atoms with Gasteiger partial charge in [-0.1, -0.05) is 103 Å². The van der Waals surface area contributed by atoms with Crippen molar-refractivity contribution in [1.29, 1.82) is 0 Å². The lowest BCUT2D eigenvalue weighted by Crippen LogP contribution is -2.28. The van der Waals surface area contributed by atoms with Crippen LogP contribution in [-0.2, 0) is 6.42 Å². The van der Waals surface area contributed by atoms with Crippen molar-refractivity contribution in [3.05, 3.63) is 23.8 Å². The maximum absolute atomic E-state index is 4.36. The second kappa shape index (κ2) is 16.3. The second-order valence-corrected chi connectivity index (χ2v) is 8.94. The number of hydrogen-bond acceptors (Lipinski definition) is 3. The molecule has 0 saturated carbocycles. The molecule has 1 aromatic carbocycles. The summed E-state index contributed by atoms with van der Waals surface area (Å²) in [6.07, 6.45) is 20.5. The molecule has 0 fully saturated rings. The molecule has 0 aliphatic heterocycles. The zero-order chi connectivity index (χ0) is 21.3. The van der Waals surface area contributed by atoms with E-state index in [1.54, 1.807) is 0 Å². The number of nitrogens with zero attached hydrogens (tertiary/aromatic N) is 3. The number of unbranched alkanes of at least 4 members (excludes halogenated alkanes) is 12. The minimum absolute atomic E-state index is 0.984. The summed E-state index contributed by atoms with van der Waals surface area (Å²) in [7, 11) is 0. The molecule has 4 heteroatoms. The van der Waals surface area contributed by atoms with Gasteiger partial charge < -0.3 is 4.90 Å². The largest absolute Gasteiger partial charge is 0.303 e. The molecule has 0 radical (unpaired) electrons. The molecule has 2 rings (SSSR count). The highest BCUT2D eigenvalue weighted by molar-refractivity contribution is 5.77. The van der Waals surface area contributed by atoms with Crippen LogP contribution >= 0.6 is 0 Å². The zero-order valence-corrected chi connectivity index (χ0v) is 19.8. The lowest BCUT2D eigenvalue weighted by Gasteiger charge is -2.22. The number of aromatic nitrogens is 3. The van der Waals surface area contributed by atoms with E-state index in [-0.39, 0.29) is 0 Å². The van der Waals surface area contributed by atoms with Crippen molar-refractivity contribution in [2.45, 2.75) is 110 Å². The van der Waals surface area contributed by atoms with E-state index in [1.807, 2.05) is 6.07 Å². The van der Waals surface area contributed by atoms with Crippen molar-refractivity contribution in [3.63, 3.8) is 0 Å². The molecule has 0 aliphatic carbocycles. The summed E-state index contributed by atoms with van der Waals surface area (Å²) in [5.74, 6) is 0. The van der Waals surface area contributed by atoms with E-state index >= 15 is 0 Å². The molecule has 0 amide bonds. The summed E-state index contributed by atoms with van der Waals surface area (Å²) in [6.45, 7) is 8.22. The summed E-state index contributed by atoms with van der Waals surface area (Å²) in [5.41, 5.74) is 3.35. The summed E-state index contributed by atoms with van der Waals surface area (Å²) in [6, 6.07) is 6.36. The highest BCUT2D eigenvalue weighted by atomic mass is 15.3. The van der Waals surface area contributed by atoms with E-state index in [0.717, 1.165) is 24.0 Å². The third-order valence-electron chi connectivity index (χ3n) is 6.28. The van der Waals surface area contributed by atoms with E-state index < -0.39 is 0 Å². The Morgan fingerprint density at radius 1 is 0.667 bits per heavy atom. The van der Waals surface area contributed by atoms with Gasteiger partial charge in [0.2, 0.25) is 0 Å². The molecule has 0 spiro atoms. The van der Waals surface area contributed by atoms with Crippen molar-refractivity contribution in [3.8, 4) is 0 Å². The van der Waals surface area contributed by atoms with E-state index in [1.165, 1.54) is 109 Å². The molecule has 0 aliphatic rings. The van der Waals surface area contributed by atoms with Gasteiger partial charge in [0.05, 0.1) is 0 Å². The first-order valence-corrected chi connectivity index (χ1v) is 12.9. The van der Waals surface area contributed by atoms with Gasteiger partial charge in [-0.15, -0.1) is 0 Å². The predicted molar refractivity (Wildman–Crippen MR) is 130 cm³/mol. The van der Waals surface area contributed by atoms with Crippen LogP contribution in [0.4, 0.5) is 0 Å². The Hall–Kier alpha value is -1.42. The second-order valence-electron chi connectivity index (χ2n) is 8.94. The minimum Gasteiger partial charge on any atom is -0.303 e. The Bertz CT molecular complexity index is 633.